The Morgan fingerprint density at radius 2 is 1.71 bits per heavy atom. The number of hydrogen-bond donors (Lipinski definition) is 2. The SMILES string of the molecule is CC(NC(=O)c1ccc(Cl)c(S(=O)(=O)Nc2ccccc2)c1)c1ccc2c(c1)CCC2. The molecule has 1 aliphatic rings. The van der Waals surface area contributed by atoms with E-state index in [1.165, 1.54) is 35.7 Å². The van der Waals surface area contributed by atoms with Crippen LogP contribution in [0.25, 0.3) is 0 Å². The van der Waals surface area contributed by atoms with E-state index in [2.05, 4.69) is 22.2 Å². The maximum atomic E-state index is 12.8. The summed E-state index contributed by atoms with van der Waals surface area (Å²) < 4.78 is 28.1. The fraction of sp³-hybridized carbons (Fsp3) is 0.208. The minimum Gasteiger partial charge on any atom is -0.346 e. The summed E-state index contributed by atoms with van der Waals surface area (Å²) in [5.41, 5.74) is 4.39. The van der Waals surface area contributed by atoms with Gasteiger partial charge >= 0.3 is 0 Å². The Labute approximate surface area is 187 Å². The average molecular weight is 455 g/mol. The van der Waals surface area contributed by atoms with E-state index >= 15 is 0 Å². The number of benzene rings is 3. The lowest BCUT2D eigenvalue weighted by atomic mass is 10.0. The molecule has 1 aliphatic carbocycles. The van der Waals surface area contributed by atoms with Gasteiger partial charge < -0.3 is 5.32 Å². The molecular weight excluding hydrogens is 432 g/mol. The number of sulfonamides is 1. The van der Waals surface area contributed by atoms with Crippen LogP contribution < -0.4 is 10.0 Å². The van der Waals surface area contributed by atoms with Crippen molar-refractivity contribution in [3.05, 3.63) is 94.0 Å². The molecule has 0 radical (unpaired) electrons. The molecule has 0 heterocycles. The van der Waals surface area contributed by atoms with Crippen molar-refractivity contribution in [3.8, 4) is 0 Å². The van der Waals surface area contributed by atoms with Gasteiger partial charge in [-0.2, -0.15) is 0 Å². The van der Waals surface area contributed by atoms with E-state index in [9.17, 15) is 13.2 Å². The highest BCUT2D eigenvalue weighted by Gasteiger charge is 2.21. The van der Waals surface area contributed by atoms with Crippen LogP contribution in [0.5, 0.6) is 0 Å². The largest absolute Gasteiger partial charge is 0.346 e. The van der Waals surface area contributed by atoms with E-state index in [0.717, 1.165) is 18.4 Å². The summed E-state index contributed by atoms with van der Waals surface area (Å²) in [6, 6.07) is 18.9. The summed E-state index contributed by atoms with van der Waals surface area (Å²) in [7, 11) is -3.95. The summed E-state index contributed by atoms with van der Waals surface area (Å²) in [5.74, 6) is -0.360. The lowest BCUT2D eigenvalue weighted by molar-refractivity contribution is 0.0939. The Kier molecular flexibility index (Phi) is 6.03. The van der Waals surface area contributed by atoms with Gasteiger partial charge in [-0.05, 0) is 73.2 Å². The first-order valence-electron chi connectivity index (χ1n) is 10.1. The fourth-order valence-corrected chi connectivity index (χ4v) is 5.38. The molecule has 1 atom stereocenters. The molecule has 31 heavy (non-hydrogen) atoms. The molecule has 0 saturated carbocycles. The number of para-hydroxylation sites is 1. The first-order chi connectivity index (χ1) is 14.8. The number of hydrogen-bond acceptors (Lipinski definition) is 3. The van der Waals surface area contributed by atoms with E-state index in [1.54, 1.807) is 30.3 Å². The van der Waals surface area contributed by atoms with Gasteiger partial charge in [0.2, 0.25) is 0 Å². The first-order valence-corrected chi connectivity index (χ1v) is 12.0. The molecule has 1 unspecified atom stereocenters. The molecule has 3 aromatic rings. The van der Waals surface area contributed by atoms with Gasteiger partial charge in [-0.25, -0.2) is 8.42 Å². The minimum atomic E-state index is -3.95. The van der Waals surface area contributed by atoms with Gasteiger partial charge in [0, 0.05) is 11.3 Å². The monoisotopic (exact) mass is 454 g/mol. The molecule has 1 amide bonds. The van der Waals surface area contributed by atoms with Crippen molar-refractivity contribution in [2.75, 3.05) is 4.72 Å². The maximum Gasteiger partial charge on any atom is 0.263 e. The highest BCUT2D eigenvalue weighted by Crippen LogP contribution is 2.27. The van der Waals surface area contributed by atoms with Crippen LogP contribution in [-0.4, -0.2) is 14.3 Å². The van der Waals surface area contributed by atoms with E-state index in [4.69, 9.17) is 11.6 Å². The van der Waals surface area contributed by atoms with Crippen molar-refractivity contribution >= 4 is 33.2 Å². The van der Waals surface area contributed by atoms with Crippen LogP contribution in [0.15, 0.2) is 71.6 Å². The van der Waals surface area contributed by atoms with Crippen LogP contribution in [0.1, 0.15) is 46.4 Å². The number of carbonyl (C=O) groups excluding carboxylic acids is 1. The summed E-state index contributed by atoms with van der Waals surface area (Å²) in [5, 5.41) is 3.00. The van der Waals surface area contributed by atoms with Crippen LogP contribution in [0, 0.1) is 0 Å². The highest BCUT2D eigenvalue weighted by molar-refractivity contribution is 7.92. The second-order valence-corrected chi connectivity index (χ2v) is 9.75. The molecule has 5 nitrogen and oxygen atoms in total. The van der Waals surface area contributed by atoms with Gasteiger partial charge in [-0.3, -0.25) is 9.52 Å². The second kappa shape index (κ2) is 8.73. The molecule has 0 aromatic heterocycles. The zero-order chi connectivity index (χ0) is 22.0. The summed E-state index contributed by atoms with van der Waals surface area (Å²) in [6.45, 7) is 1.92. The predicted octanol–water partition coefficient (Wildman–Crippen LogP) is 5.12. The number of amides is 1. The van der Waals surface area contributed by atoms with E-state index in [-0.39, 0.29) is 27.4 Å². The Balaban J connectivity index is 1.54. The van der Waals surface area contributed by atoms with Crippen molar-refractivity contribution in [1.29, 1.82) is 0 Å². The molecule has 0 saturated heterocycles. The molecule has 160 valence electrons. The van der Waals surface area contributed by atoms with Gasteiger partial charge in [0.1, 0.15) is 4.90 Å². The number of aryl methyl sites for hydroxylation is 2. The zero-order valence-corrected chi connectivity index (χ0v) is 18.6. The molecule has 4 rings (SSSR count). The molecule has 3 aromatic carbocycles. The molecule has 0 aliphatic heterocycles. The third kappa shape index (κ3) is 4.75. The molecule has 7 heteroatoms. The molecule has 0 spiro atoms. The first kappa shape index (κ1) is 21.4. The number of halogens is 1. The normalized spacial score (nSPS) is 14.0. The lowest BCUT2D eigenvalue weighted by Crippen LogP contribution is -2.27. The van der Waals surface area contributed by atoms with Crippen LogP contribution in [0.3, 0.4) is 0 Å². The molecule has 0 fully saturated rings. The Hall–Kier alpha value is -2.83. The number of anilines is 1. The molecule has 0 bridgehead atoms. The third-order valence-electron chi connectivity index (χ3n) is 5.48. The topological polar surface area (TPSA) is 75.3 Å². The maximum absolute atomic E-state index is 12.8. The third-order valence-corrected chi connectivity index (χ3v) is 7.34. The van der Waals surface area contributed by atoms with Crippen LogP contribution >= 0.6 is 11.6 Å². The summed E-state index contributed by atoms with van der Waals surface area (Å²) in [6.07, 6.45) is 3.34. The number of nitrogens with one attached hydrogen (secondary N) is 2. The molecular formula is C24H23ClN2O3S. The minimum absolute atomic E-state index is 0.0478. The highest BCUT2D eigenvalue weighted by atomic mass is 35.5. The van der Waals surface area contributed by atoms with Gasteiger partial charge in [-0.1, -0.05) is 48.0 Å². The van der Waals surface area contributed by atoms with E-state index in [0.29, 0.717) is 5.69 Å². The number of fused-ring (bicyclic) bond motifs is 1. The Morgan fingerprint density at radius 1 is 0.968 bits per heavy atom. The van der Waals surface area contributed by atoms with E-state index < -0.39 is 10.0 Å². The number of carbonyl (C=O) groups is 1. The van der Waals surface area contributed by atoms with Crippen molar-refractivity contribution in [3.63, 3.8) is 0 Å². The van der Waals surface area contributed by atoms with Crippen LogP contribution in [0.2, 0.25) is 5.02 Å². The average Bonchev–Trinajstić information content (AvgIpc) is 3.22. The van der Waals surface area contributed by atoms with Crippen molar-refractivity contribution in [1.82, 2.24) is 5.32 Å². The van der Waals surface area contributed by atoms with Crippen LogP contribution in [-0.2, 0) is 22.9 Å². The Bertz CT molecular complexity index is 1230. The Morgan fingerprint density at radius 3 is 2.48 bits per heavy atom. The van der Waals surface area contributed by atoms with Gasteiger partial charge in [-0.15, -0.1) is 0 Å². The predicted molar refractivity (Wildman–Crippen MR) is 123 cm³/mol. The molecule has 2 N–H and O–H groups in total. The summed E-state index contributed by atoms with van der Waals surface area (Å²) >= 11 is 6.16. The van der Waals surface area contributed by atoms with Gasteiger partial charge in [0.25, 0.3) is 15.9 Å². The van der Waals surface area contributed by atoms with Crippen molar-refractivity contribution in [2.45, 2.75) is 37.1 Å². The quantitative estimate of drug-likeness (QED) is 0.542. The lowest BCUT2D eigenvalue weighted by Gasteiger charge is -2.16. The van der Waals surface area contributed by atoms with Crippen molar-refractivity contribution < 1.29 is 13.2 Å². The number of rotatable bonds is 6. The van der Waals surface area contributed by atoms with Crippen LogP contribution in [0.4, 0.5) is 5.69 Å². The van der Waals surface area contributed by atoms with Gasteiger partial charge in [0.15, 0.2) is 0 Å². The van der Waals surface area contributed by atoms with Gasteiger partial charge in [0.05, 0.1) is 11.1 Å². The fourth-order valence-electron chi connectivity index (χ4n) is 3.79. The smallest absolute Gasteiger partial charge is 0.263 e. The summed E-state index contributed by atoms with van der Waals surface area (Å²) in [4.78, 5) is 12.7. The van der Waals surface area contributed by atoms with Crippen molar-refractivity contribution in [2.24, 2.45) is 0 Å². The zero-order valence-electron chi connectivity index (χ0n) is 17.1. The second-order valence-electron chi connectivity index (χ2n) is 7.69. The van der Waals surface area contributed by atoms with E-state index in [1.807, 2.05) is 13.0 Å². The standard InChI is InChI=1S/C24H23ClN2O3S/c1-16(18-11-10-17-6-5-7-19(17)14-18)26-24(28)20-12-13-22(25)23(15-20)31(29,30)27-21-8-3-2-4-9-21/h2-4,8-16,27H,5-7H2,1H3,(H,26,28).